The summed E-state index contributed by atoms with van der Waals surface area (Å²) in [6, 6.07) is 14.1. The van der Waals surface area contributed by atoms with E-state index in [2.05, 4.69) is 0 Å². The van der Waals surface area contributed by atoms with E-state index in [9.17, 15) is 4.39 Å². The van der Waals surface area contributed by atoms with Crippen LogP contribution in [0.5, 0.6) is 17.2 Å². The van der Waals surface area contributed by atoms with E-state index in [0.29, 0.717) is 17.2 Å². The summed E-state index contributed by atoms with van der Waals surface area (Å²) >= 11 is 0. The Balaban J connectivity index is 2.13. The molecule has 3 aromatic rings. The maximum absolute atomic E-state index is 14.4. The topological polar surface area (TPSA) is 32.6 Å². The summed E-state index contributed by atoms with van der Waals surface area (Å²) < 4.78 is 31.9. The quantitative estimate of drug-likeness (QED) is 0.700. The maximum atomic E-state index is 14.4. The molecule has 0 atom stereocenters. The number of aromatic nitrogens is 1. The molecule has 0 bridgehead atoms. The van der Waals surface area contributed by atoms with Gasteiger partial charge in [0.1, 0.15) is 23.1 Å². The molecule has 1 aromatic heterocycles. The highest BCUT2D eigenvalue weighted by Crippen LogP contribution is 2.32. The van der Waals surface area contributed by atoms with Crippen LogP contribution in [0, 0.1) is 5.82 Å². The van der Waals surface area contributed by atoms with Gasteiger partial charge in [0.15, 0.2) is 0 Å². The molecule has 124 valence electrons. The Kier molecular flexibility index (Phi) is 4.42. The largest absolute Gasteiger partial charge is 0.497 e. The van der Waals surface area contributed by atoms with Crippen molar-refractivity contribution in [3.8, 4) is 34.2 Å². The summed E-state index contributed by atoms with van der Waals surface area (Å²) in [6.45, 7) is 0. The third-order valence-electron chi connectivity index (χ3n) is 3.81. The highest BCUT2D eigenvalue weighted by atomic mass is 19.1. The lowest BCUT2D eigenvalue weighted by atomic mass is 10.1. The fourth-order valence-corrected chi connectivity index (χ4v) is 2.58. The van der Waals surface area contributed by atoms with Gasteiger partial charge in [-0.3, -0.25) is 0 Å². The zero-order valence-corrected chi connectivity index (χ0v) is 13.7. The van der Waals surface area contributed by atoms with Gasteiger partial charge in [-0.05, 0) is 30.3 Å². The molecule has 4 nitrogen and oxygen atoms in total. The first-order chi connectivity index (χ1) is 11.7. The van der Waals surface area contributed by atoms with Crippen LogP contribution >= 0.6 is 0 Å². The zero-order valence-electron chi connectivity index (χ0n) is 13.7. The molecule has 1 heterocycles. The molecule has 0 radical (unpaired) electrons. The molecule has 0 fully saturated rings. The van der Waals surface area contributed by atoms with E-state index in [1.54, 1.807) is 50.3 Å². The number of benzene rings is 2. The van der Waals surface area contributed by atoms with Gasteiger partial charge in [-0.15, -0.1) is 0 Å². The van der Waals surface area contributed by atoms with Crippen molar-refractivity contribution in [3.63, 3.8) is 0 Å². The van der Waals surface area contributed by atoms with Gasteiger partial charge >= 0.3 is 0 Å². The Bertz CT molecular complexity index is 818. The van der Waals surface area contributed by atoms with E-state index in [-0.39, 0.29) is 5.82 Å². The summed E-state index contributed by atoms with van der Waals surface area (Å²) in [6.07, 6.45) is 1.68. The normalized spacial score (nSPS) is 10.5. The molecule has 0 spiro atoms. The van der Waals surface area contributed by atoms with Crippen molar-refractivity contribution in [2.24, 2.45) is 0 Å². The SMILES string of the molecule is COc1ccc(-c2c(F)ccn2-c2cc(OC)cc(OC)c2)cc1. The lowest BCUT2D eigenvalue weighted by Gasteiger charge is -2.13. The highest BCUT2D eigenvalue weighted by molar-refractivity contribution is 5.65. The first-order valence-corrected chi connectivity index (χ1v) is 7.41. The Hall–Kier alpha value is -2.95. The molecule has 0 saturated heterocycles. The van der Waals surface area contributed by atoms with Crippen molar-refractivity contribution < 1.29 is 18.6 Å². The van der Waals surface area contributed by atoms with Gasteiger partial charge in [0.05, 0.1) is 32.7 Å². The summed E-state index contributed by atoms with van der Waals surface area (Å²) in [4.78, 5) is 0. The van der Waals surface area contributed by atoms with Crippen LogP contribution in [0.15, 0.2) is 54.7 Å². The zero-order chi connectivity index (χ0) is 17.1. The second kappa shape index (κ2) is 6.66. The van der Waals surface area contributed by atoms with Crippen LogP contribution in [0.1, 0.15) is 0 Å². The van der Waals surface area contributed by atoms with Crippen LogP contribution in [0.25, 0.3) is 16.9 Å². The molecular formula is C19H18FNO3. The summed E-state index contributed by atoms with van der Waals surface area (Å²) in [5.74, 6) is 1.69. The molecule has 24 heavy (non-hydrogen) atoms. The molecule has 0 saturated carbocycles. The molecule has 2 aromatic carbocycles. The van der Waals surface area contributed by atoms with Crippen molar-refractivity contribution in [3.05, 3.63) is 60.5 Å². The van der Waals surface area contributed by atoms with Gasteiger partial charge < -0.3 is 18.8 Å². The molecule has 0 aliphatic carbocycles. The van der Waals surface area contributed by atoms with E-state index >= 15 is 0 Å². The molecule has 3 rings (SSSR count). The fourth-order valence-electron chi connectivity index (χ4n) is 2.58. The minimum Gasteiger partial charge on any atom is -0.497 e. The highest BCUT2D eigenvalue weighted by Gasteiger charge is 2.14. The lowest BCUT2D eigenvalue weighted by Crippen LogP contribution is -1.98. The van der Waals surface area contributed by atoms with E-state index < -0.39 is 0 Å². The summed E-state index contributed by atoms with van der Waals surface area (Å²) in [7, 11) is 4.76. The Labute approximate surface area is 140 Å². The van der Waals surface area contributed by atoms with E-state index in [1.807, 2.05) is 24.3 Å². The second-order valence-electron chi connectivity index (χ2n) is 5.18. The predicted octanol–water partition coefficient (Wildman–Crippen LogP) is 4.31. The number of nitrogens with zero attached hydrogens (tertiary/aromatic N) is 1. The van der Waals surface area contributed by atoms with Crippen molar-refractivity contribution in [2.75, 3.05) is 21.3 Å². The third-order valence-corrected chi connectivity index (χ3v) is 3.81. The molecule has 0 N–H and O–H groups in total. The van der Waals surface area contributed by atoms with Crippen molar-refractivity contribution in [2.45, 2.75) is 0 Å². The van der Waals surface area contributed by atoms with Crippen molar-refractivity contribution >= 4 is 0 Å². The number of rotatable bonds is 5. The number of methoxy groups -OCH3 is 3. The molecule has 0 unspecified atom stereocenters. The average molecular weight is 327 g/mol. The maximum Gasteiger partial charge on any atom is 0.149 e. The van der Waals surface area contributed by atoms with Crippen LogP contribution in [-0.2, 0) is 0 Å². The molecular weight excluding hydrogens is 309 g/mol. The summed E-state index contributed by atoms with van der Waals surface area (Å²) in [5.41, 5.74) is 1.97. The number of hydrogen-bond donors (Lipinski definition) is 0. The molecule has 0 amide bonds. The second-order valence-corrected chi connectivity index (χ2v) is 5.18. The van der Waals surface area contributed by atoms with Crippen LogP contribution in [0.4, 0.5) is 4.39 Å². The van der Waals surface area contributed by atoms with Crippen molar-refractivity contribution in [1.82, 2.24) is 4.57 Å². The summed E-state index contributed by atoms with van der Waals surface area (Å²) in [5, 5.41) is 0. The molecule has 0 aliphatic heterocycles. The van der Waals surface area contributed by atoms with Gasteiger partial charge in [0.2, 0.25) is 0 Å². The van der Waals surface area contributed by atoms with Gasteiger partial charge in [-0.1, -0.05) is 0 Å². The lowest BCUT2D eigenvalue weighted by molar-refractivity contribution is 0.394. The number of ether oxygens (including phenoxy) is 3. The fraction of sp³-hybridized carbons (Fsp3) is 0.158. The minimum absolute atomic E-state index is 0.304. The van der Waals surface area contributed by atoms with Gasteiger partial charge in [-0.2, -0.15) is 0 Å². The molecule has 0 aliphatic rings. The average Bonchev–Trinajstić information content (AvgIpc) is 3.02. The van der Waals surface area contributed by atoms with Crippen molar-refractivity contribution in [1.29, 1.82) is 0 Å². The smallest absolute Gasteiger partial charge is 0.149 e. The van der Waals surface area contributed by atoms with Gasteiger partial charge in [0.25, 0.3) is 0 Å². The van der Waals surface area contributed by atoms with Gasteiger partial charge in [-0.25, -0.2) is 4.39 Å². The monoisotopic (exact) mass is 327 g/mol. The van der Waals surface area contributed by atoms with Gasteiger partial charge in [0, 0.05) is 30.0 Å². The van der Waals surface area contributed by atoms with Crippen LogP contribution in [-0.4, -0.2) is 25.9 Å². The Morgan fingerprint density at radius 2 is 1.33 bits per heavy atom. The first-order valence-electron chi connectivity index (χ1n) is 7.41. The Morgan fingerprint density at radius 1 is 0.750 bits per heavy atom. The number of hydrogen-bond acceptors (Lipinski definition) is 3. The van der Waals surface area contributed by atoms with Crippen LogP contribution in [0.2, 0.25) is 0 Å². The molecule has 5 heteroatoms. The predicted molar refractivity (Wildman–Crippen MR) is 90.8 cm³/mol. The van der Waals surface area contributed by atoms with Crippen LogP contribution in [0.3, 0.4) is 0 Å². The van der Waals surface area contributed by atoms with Crippen LogP contribution < -0.4 is 14.2 Å². The first kappa shape index (κ1) is 15.9. The van der Waals surface area contributed by atoms with E-state index in [0.717, 1.165) is 17.0 Å². The number of halogens is 1. The minimum atomic E-state index is -0.304. The third kappa shape index (κ3) is 2.93. The van der Waals surface area contributed by atoms with E-state index in [4.69, 9.17) is 14.2 Å². The Morgan fingerprint density at radius 3 is 1.88 bits per heavy atom. The standard InChI is InChI=1S/C19H18FNO3/c1-22-15-6-4-13(5-7-15)19-18(20)8-9-21(19)14-10-16(23-2)12-17(11-14)24-3/h4-12H,1-3H3. The van der Waals surface area contributed by atoms with E-state index in [1.165, 1.54) is 6.07 Å².